The summed E-state index contributed by atoms with van der Waals surface area (Å²) in [5, 5.41) is 0. The molecule has 1 rings (SSSR count). The Morgan fingerprint density at radius 1 is 1.29 bits per heavy atom. The van der Waals surface area contributed by atoms with Crippen LogP contribution in [-0.4, -0.2) is 31.1 Å². The van der Waals surface area contributed by atoms with Gasteiger partial charge in [-0.15, -0.1) is 0 Å². The summed E-state index contributed by atoms with van der Waals surface area (Å²) in [7, 11) is 0. The second-order valence-electron chi connectivity index (χ2n) is 4.45. The van der Waals surface area contributed by atoms with E-state index in [1.165, 1.54) is 0 Å². The van der Waals surface area contributed by atoms with Gasteiger partial charge in [-0.25, -0.2) is 0 Å². The molecular formula is C14H19BrN2O4. The van der Waals surface area contributed by atoms with Gasteiger partial charge in [0.1, 0.15) is 12.4 Å². The maximum atomic E-state index is 11.9. The lowest BCUT2D eigenvalue weighted by Gasteiger charge is -2.12. The fourth-order valence-electron chi connectivity index (χ4n) is 1.42. The largest absolute Gasteiger partial charge is 0.490 e. The highest BCUT2D eigenvalue weighted by atomic mass is 79.9. The van der Waals surface area contributed by atoms with Crippen molar-refractivity contribution in [2.45, 2.75) is 26.9 Å². The molecule has 0 aliphatic carbocycles. The molecule has 0 fully saturated rings. The van der Waals surface area contributed by atoms with Crippen molar-refractivity contribution in [3.05, 3.63) is 28.2 Å². The summed E-state index contributed by atoms with van der Waals surface area (Å²) < 4.78 is 11.1. The van der Waals surface area contributed by atoms with Gasteiger partial charge in [0.2, 0.25) is 0 Å². The zero-order chi connectivity index (χ0) is 15.8. The summed E-state index contributed by atoms with van der Waals surface area (Å²) in [5.41, 5.74) is 4.98. The fraction of sp³-hybridized carbons (Fsp3) is 0.429. The summed E-state index contributed by atoms with van der Waals surface area (Å²) >= 11 is 3.35. The molecule has 6 nitrogen and oxygen atoms in total. The summed E-state index contributed by atoms with van der Waals surface area (Å²) in [6.07, 6.45) is 0.0406. The van der Waals surface area contributed by atoms with Crippen LogP contribution in [0, 0.1) is 0 Å². The van der Waals surface area contributed by atoms with Gasteiger partial charge in [-0.3, -0.25) is 20.4 Å². The van der Waals surface area contributed by atoms with Crippen LogP contribution >= 0.6 is 15.9 Å². The van der Waals surface area contributed by atoms with Crippen LogP contribution in [0.1, 0.15) is 31.1 Å². The van der Waals surface area contributed by atoms with E-state index in [9.17, 15) is 9.59 Å². The Labute approximate surface area is 132 Å². The van der Waals surface area contributed by atoms with Crippen LogP contribution in [-0.2, 0) is 9.53 Å². The molecule has 116 valence electrons. The van der Waals surface area contributed by atoms with Gasteiger partial charge in [0.15, 0.2) is 0 Å². The second kappa shape index (κ2) is 8.63. The average molecular weight is 359 g/mol. The first-order chi connectivity index (χ1) is 9.93. The topological polar surface area (TPSA) is 76.7 Å². The molecule has 1 aromatic carbocycles. The fourth-order valence-corrected chi connectivity index (χ4v) is 1.89. The van der Waals surface area contributed by atoms with Gasteiger partial charge >= 0.3 is 0 Å². The third kappa shape index (κ3) is 6.14. The van der Waals surface area contributed by atoms with E-state index in [2.05, 4.69) is 26.8 Å². The van der Waals surface area contributed by atoms with Crippen molar-refractivity contribution in [3.8, 4) is 5.75 Å². The first-order valence-electron chi connectivity index (χ1n) is 6.57. The van der Waals surface area contributed by atoms with E-state index in [1.54, 1.807) is 25.1 Å². The molecule has 2 N–H and O–H groups in total. The van der Waals surface area contributed by atoms with Crippen molar-refractivity contribution >= 4 is 27.7 Å². The molecule has 0 saturated heterocycles. The standard InChI is InChI=1S/C14H19BrN2O4/c1-4-20-8-13(18)16-17-14(19)10-5-6-12(11(15)7-10)21-9(2)3/h5-7,9H,4,8H2,1-3H3,(H,16,18)(H,17,19). The van der Waals surface area contributed by atoms with Crippen LogP contribution in [0.2, 0.25) is 0 Å². The SMILES string of the molecule is CCOCC(=O)NNC(=O)c1ccc(OC(C)C)c(Br)c1. The van der Waals surface area contributed by atoms with E-state index in [4.69, 9.17) is 9.47 Å². The predicted molar refractivity (Wildman–Crippen MR) is 82.0 cm³/mol. The molecule has 0 spiro atoms. The second-order valence-corrected chi connectivity index (χ2v) is 5.31. The molecule has 7 heteroatoms. The van der Waals surface area contributed by atoms with E-state index in [0.29, 0.717) is 22.4 Å². The number of hydrogen-bond acceptors (Lipinski definition) is 4. The molecule has 0 aromatic heterocycles. The van der Waals surface area contributed by atoms with E-state index >= 15 is 0 Å². The van der Waals surface area contributed by atoms with Gasteiger partial charge < -0.3 is 9.47 Å². The molecule has 0 aliphatic heterocycles. The molecule has 0 aliphatic rings. The number of halogens is 1. The smallest absolute Gasteiger partial charge is 0.269 e. The Morgan fingerprint density at radius 2 is 2.00 bits per heavy atom. The molecule has 0 unspecified atom stereocenters. The number of hydrazine groups is 1. The number of ether oxygens (including phenoxy) is 2. The van der Waals surface area contributed by atoms with Crippen molar-refractivity contribution in [2.75, 3.05) is 13.2 Å². The monoisotopic (exact) mass is 358 g/mol. The lowest BCUT2D eigenvalue weighted by atomic mass is 10.2. The summed E-state index contributed by atoms with van der Waals surface area (Å²) in [5.74, 6) is -0.178. The number of hydrogen-bond donors (Lipinski definition) is 2. The molecule has 21 heavy (non-hydrogen) atoms. The lowest BCUT2D eigenvalue weighted by Crippen LogP contribution is -2.43. The molecule has 0 saturated carbocycles. The van der Waals surface area contributed by atoms with E-state index in [-0.39, 0.29) is 12.7 Å². The highest BCUT2D eigenvalue weighted by molar-refractivity contribution is 9.10. The van der Waals surface area contributed by atoms with Crippen LogP contribution in [0.4, 0.5) is 0 Å². The minimum absolute atomic E-state index is 0.0406. The maximum absolute atomic E-state index is 11.9. The van der Waals surface area contributed by atoms with Gasteiger partial charge in [0.05, 0.1) is 10.6 Å². The third-order valence-electron chi connectivity index (χ3n) is 2.31. The van der Waals surface area contributed by atoms with Gasteiger partial charge in [-0.1, -0.05) is 0 Å². The van der Waals surface area contributed by atoms with E-state index in [1.807, 2.05) is 13.8 Å². The molecule has 0 atom stereocenters. The van der Waals surface area contributed by atoms with E-state index in [0.717, 1.165) is 0 Å². The zero-order valence-corrected chi connectivity index (χ0v) is 13.8. The normalized spacial score (nSPS) is 10.3. The van der Waals surface area contributed by atoms with Crippen LogP contribution in [0.15, 0.2) is 22.7 Å². The van der Waals surface area contributed by atoms with Crippen LogP contribution in [0.5, 0.6) is 5.75 Å². The third-order valence-corrected chi connectivity index (χ3v) is 2.93. The Morgan fingerprint density at radius 3 is 2.57 bits per heavy atom. The van der Waals surface area contributed by atoms with Crippen LogP contribution in [0.3, 0.4) is 0 Å². The molecule has 2 amide bonds. The predicted octanol–water partition coefficient (Wildman–Crippen LogP) is 2.03. The molecule has 0 radical (unpaired) electrons. The lowest BCUT2D eigenvalue weighted by molar-refractivity contribution is -0.126. The summed E-state index contributed by atoms with van der Waals surface area (Å²) in [6, 6.07) is 4.94. The van der Waals surface area contributed by atoms with Gasteiger partial charge in [0.25, 0.3) is 11.8 Å². The van der Waals surface area contributed by atoms with Crippen LogP contribution < -0.4 is 15.6 Å². The first kappa shape index (κ1) is 17.5. The summed E-state index contributed by atoms with van der Waals surface area (Å²) in [4.78, 5) is 23.2. The van der Waals surface area contributed by atoms with Crippen molar-refractivity contribution < 1.29 is 19.1 Å². The van der Waals surface area contributed by atoms with Crippen molar-refractivity contribution in [3.63, 3.8) is 0 Å². The molecule has 0 heterocycles. The molecule has 0 bridgehead atoms. The minimum atomic E-state index is -0.420. The van der Waals surface area contributed by atoms with Crippen molar-refractivity contribution in [1.82, 2.24) is 10.9 Å². The Kier molecular flexibility index (Phi) is 7.18. The number of rotatable bonds is 6. The number of nitrogens with one attached hydrogen (secondary N) is 2. The van der Waals surface area contributed by atoms with Gasteiger partial charge in [-0.05, 0) is 54.9 Å². The van der Waals surface area contributed by atoms with E-state index < -0.39 is 11.8 Å². The number of benzene rings is 1. The molecule has 1 aromatic rings. The van der Waals surface area contributed by atoms with Crippen LogP contribution in [0.25, 0.3) is 0 Å². The maximum Gasteiger partial charge on any atom is 0.269 e. The number of amides is 2. The highest BCUT2D eigenvalue weighted by Crippen LogP contribution is 2.26. The number of carbonyl (C=O) groups excluding carboxylic acids is 2. The quantitative estimate of drug-likeness (QED) is 0.762. The first-order valence-corrected chi connectivity index (χ1v) is 7.36. The zero-order valence-electron chi connectivity index (χ0n) is 12.2. The summed E-state index contributed by atoms with van der Waals surface area (Å²) in [6.45, 7) is 5.96. The Hall–Kier alpha value is -1.60. The number of carbonyl (C=O) groups is 2. The minimum Gasteiger partial charge on any atom is -0.490 e. The highest BCUT2D eigenvalue weighted by Gasteiger charge is 2.11. The van der Waals surface area contributed by atoms with Crippen molar-refractivity contribution in [2.24, 2.45) is 0 Å². The van der Waals surface area contributed by atoms with Gasteiger partial charge in [0, 0.05) is 12.2 Å². The molecular weight excluding hydrogens is 340 g/mol. The van der Waals surface area contributed by atoms with Crippen molar-refractivity contribution in [1.29, 1.82) is 0 Å². The Balaban J connectivity index is 2.58. The average Bonchev–Trinajstić information content (AvgIpc) is 2.44. The van der Waals surface area contributed by atoms with Gasteiger partial charge in [-0.2, -0.15) is 0 Å². The Bertz CT molecular complexity index is 506.